The second-order valence-corrected chi connectivity index (χ2v) is 1.57. The maximum Gasteiger partial charge on any atom is 0.0980 e. The van der Waals surface area contributed by atoms with E-state index in [1.807, 2.05) is 0 Å². The van der Waals surface area contributed by atoms with E-state index in [1.165, 1.54) is 6.21 Å². The summed E-state index contributed by atoms with van der Waals surface area (Å²) < 4.78 is 0. The fourth-order valence-electron chi connectivity index (χ4n) is 0.463. The van der Waals surface area contributed by atoms with Gasteiger partial charge in [0.15, 0.2) is 0 Å². The molecule has 0 heterocycles. The highest BCUT2D eigenvalue weighted by atomic mass is 15.3. The highest BCUT2D eigenvalue weighted by Crippen LogP contribution is 1.79. The molecule has 1 unspecified atom stereocenters. The third kappa shape index (κ3) is 3.66. The summed E-state index contributed by atoms with van der Waals surface area (Å²) in [6, 6.07) is 0. The lowest BCUT2D eigenvalue weighted by molar-refractivity contribution is 0.488. The maximum atomic E-state index is 6.75. The zero-order valence-corrected chi connectivity index (χ0v) is 5.52. The van der Waals surface area contributed by atoms with E-state index in [9.17, 15) is 0 Å². The Morgan fingerprint density at radius 3 is 2.89 bits per heavy atom. The Morgan fingerprint density at radius 2 is 2.56 bits per heavy atom. The topological polar surface area (TPSA) is 60.3 Å². The lowest BCUT2D eigenvalue weighted by atomic mass is 10.4. The van der Waals surface area contributed by atoms with Crippen LogP contribution >= 0.6 is 0 Å². The second kappa shape index (κ2) is 5.24. The second-order valence-electron chi connectivity index (χ2n) is 1.57. The number of nitrogens with one attached hydrogen (secondary N) is 3. The Bertz CT molecular complexity index is 81.0. The lowest BCUT2D eigenvalue weighted by Crippen LogP contribution is -2.36. The Labute approximate surface area is 54.8 Å². The number of rotatable bonds is 5. The molecule has 0 fully saturated rings. The van der Waals surface area contributed by atoms with E-state index in [2.05, 4.69) is 22.6 Å². The van der Waals surface area contributed by atoms with Gasteiger partial charge in [0.05, 0.1) is 6.17 Å². The molecular formula is C5H12N4. The van der Waals surface area contributed by atoms with Crippen LogP contribution < -0.4 is 10.7 Å². The van der Waals surface area contributed by atoms with E-state index in [0.717, 1.165) is 0 Å². The zero-order chi connectivity index (χ0) is 7.11. The van der Waals surface area contributed by atoms with Gasteiger partial charge in [-0.3, -0.25) is 10.7 Å². The van der Waals surface area contributed by atoms with Crippen LogP contribution in [0.2, 0.25) is 0 Å². The van der Waals surface area contributed by atoms with E-state index in [-0.39, 0.29) is 6.17 Å². The minimum atomic E-state index is 0.0417. The molecule has 0 amide bonds. The van der Waals surface area contributed by atoms with Gasteiger partial charge < -0.3 is 5.41 Å². The molecule has 52 valence electrons. The van der Waals surface area contributed by atoms with Crippen molar-refractivity contribution in [2.24, 2.45) is 5.10 Å². The highest BCUT2D eigenvalue weighted by Gasteiger charge is 1.97. The molecule has 3 N–H and O–H groups in total. The third-order valence-corrected chi connectivity index (χ3v) is 0.949. The van der Waals surface area contributed by atoms with Gasteiger partial charge in [-0.2, -0.15) is 5.10 Å². The predicted octanol–water partition coefficient (Wildman–Crippen LogP) is -0.223. The van der Waals surface area contributed by atoms with Crippen LogP contribution in [0, 0.1) is 5.41 Å². The van der Waals surface area contributed by atoms with Crippen molar-refractivity contribution in [3.63, 3.8) is 0 Å². The van der Waals surface area contributed by atoms with E-state index in [0.29, 0.717) is 6.42 Å². The molecule has 0 aliphatic carbocycles. The SMILES string of the molecule is C=NNC(CC=N)NC. The molecule has 0 radical (unpaired) electrons. The van der Waals surface area contributed by atoms with Gasteiger partial charge in [0, 0.05) is 13.1 Å². The van der Waals surface area contributed by atoms with E-state index < -0.39 is 0 Å². The monoisotopic (exact) mass is 128 g/mol. The maximum absolute atomic E-state index is 6.75. The minimum Gasteiger partial charge on any atom is -0.313 e. The van der Waals surface area contributed by atoms with Crippen molar-refractivity contribution >= 4 is 12.9 Å². The molecule has 0 spiro atoms. The van der Waals surface area contributed by atoms with Crippen molar-refractivity contribution in [3.8, 4) is 0 Å². The normalized spacial score (nSPS) is 12.1. The Balaban J connectivity index is 3.39. The van der Waals surface area contributed by atoms with Crippen LogP contribution in [-0.4, -0.2) is 26.1 Å². The smallest absolute Gasteiger partial charge is 0.0980 e. The summed E-state index contributed by atoms with van der Waals surface area (Å²) in [6.07, 6.45) is 1.98. The van der Waals surface area contributed by atoms with Gasteiger partial charge >= 0.3 is 0 Å². The van der Waals surface area contributed by atoms with Crippen molar-refractivity contribution in [1.29, 1.82) is 5.41 Å². The van der Waals surface area contributed by atoms with Gasteiger partial charge in [-0.25, -0.2) is 0 Å². The first kappa shape index (κ1) is 8.10. The molecule has 4 nitrogen and oxygen atoms in total. The van der Waals surface area contributed by atoms with Gasteiger partial charge in [0.25, 0.3) is 0 Å². The van der Waals surface area contributed by atoms with Crippen molar-refractivity contribution in [2.75, 3.05) is 7.05 Å². The third-order valence-electron chi connectivity index (χ3n) is 0.949. The predicted molar refractivity (Wildman–Crippen MR) is 38.9 cm³/mol. The average Bonchev–Trinajstić information content (AvgIpc) is 1.88. The van der Waals surface area contributed by atoms with Gasteiger partial charge in [-0.15, -0.1) is 0 Å². The van der Waals surface area contributed by atoms with Crippen LogP contribution in [-0.2, 0) is 0 Å². The number of hydrazone groups is 1. The summed E-state index contributed by atoms with van der Waals surface area (Å²) in [5.74, 6) is 0. The molecule has 0 aromatic carbocycles. The number of nitrogens with zero attached hydrogens (tertiary/aromatic N) is 1. The molecule has 0 aromatic heterocycles. The number of hydrogen-bond donors (Lipinski definition) is 3. The summed E-state index contributed by atoms with van der Waals surface area (Å²) in [5, 5.41) is 13.1. The van der Waals surface area contributed by atoms with E-state index in [1.54, 1.807) is 7.05 Å². The fraction of sp³-hybridized carbons (Fsp3) is 0.600. The van der Waals surface area contributed by atoms with Gasteiger partial charge in [0.1, 0.15) is 0 Å². The van der Waals surface area contributed by atoms with E-state index >= 15 is 0 Å². The molecule has 0 aliphatic heterocycles. The van der Waals surface area contributed by atoms with Crippen LogP contribution in [0.1, 0.15) is 6.42 Å². The lowest BCUT2D eigenvalue weighted by Gasteiger charge is -2.11. The molecule has 9 heavy (non-hydrogen) atoms. The minimum absolute atomic E-state index is 0.0417. The van der Waals surface area contributed by atoms with Crippen molar-refractivity contribution in [2.45, 2.75) is 12.6 Å². The Hall–Kier alpha value is -0.900. The quantitative estimate of drug-likeness (QED) is 0.272. The standard InChI is InChI=1S/C5H12N4/c1-7-5(3-4-6)9-8-2/h4-7,9H,2-3H2,1H3. The van der Waals surface area contributed by atoms with Crippen LogP contribution in [0.3, 0.4) is 0 Å². The van der Waals surface area contributed by atoms with E-state index in [4.69, 9.17) is 5.41 Å². The van der Waals surface area contributed by atoms with Crippen LogP contribution in [0.4, 0.5) is 0 Å². The van der Waals surface area contributed by atoms with Crippen molar-refractivity contribution < 1.29 is 0 Å². The molecular weight excluding hydrogens is 116 g/mol. The zero-order valence-electron chi connectivity index (χ0n) is 5.52. The first-order valence-corrected chi connectivity index (χ1v) is 2.72. The Morgan fingerprint density at radius 1 is 1.89 bits per heavy atom. The largest absolute Gasteiger partial charge is 0.313 e. The summed E-state index contributed by atoms with van der Waals surface area (Å²) in [4.78, 5) is 0. The van der Waals surface area contributed by atoms with Crippen LogP contribution in [0.25, 0.3) is 0 Å². The summed E-state index contributed by atoms with van der Waals surface area (Å²) in [6.45, 7) is 3.25. The van der Waals surface area contributed by atoms with Crippen molar-refractivity contribution in [1.82, 2.24) is 10.7 Å². The summed E-state index contributed by atoms with van der Waals surface area (Å²) in [5.41, 5.74) is 2.68. The highest BCUT2D eigenvalue weighted by molar-refractivity contribution is 5.53. The number of hydrogen-bond acceptors (Lipinski definition) is 4. The summed E-state index contributed by atoms with van der Waals surface area (Å²) >= 11 is 0. The van der Waals surface area contributed by atoms with Crippen molar-refractivity contribution in [3.05, 3.63) is 0 Å². The van der Waals surface area contributed by atoms with Gasteiger partial charge in [-0.05, 0) is 13.3 Å². The molecule has 1 atom stereocenters. The molecule has 4 heteroatoms. The molecule has 0 aromatic rings. The fourth-order valence-corrected chi connectivity index (χ4v) is 0.463. The molecule has 0 rings (SSSR count). The molecule has 0 saturated carbocycles. The van der Waals surface area contributed by atoms with Crippen LogP contribution in [0.15, 0.2) is 5.10 Å². The van der Waals surface area contributed by atoms with Gasteiger partial charge in [0.2, 0.25) is 0 Å². The van der Waals surface area contributed by atoms with Gasteiger partial charge in [-0.1, -0.05) is 0 Å². The first-order chi connectivity index (χ1) is 4.35. The molecule has 0 saturated heterocycles. The molecule has 0 aliphatic rings. The Kier molecular flexibility index (Phi) is 4.72. The van der Waals surface area contributed by atoms with Crippen LogP contribution in [0.5, 0.6) is 0 Å². The molecule has 0 bridgehead atoms. The average molecular weight is 128 g/mol. The summed E-state index contributed by atoms with van der Waals surface area (Å²) in [7, 11) is 1.80. The first-order valence-electron chi connectivity index (χ1n) is 2.72.